The van der Waals surface area contributed by atoms with Gasteiger partial charge in [0.15, 0.2) is 0 Å². The van der Waals surface area contributed by atoms with Crippen molar-refractivity contribution in [3.8, 4) is 6.07 Å². The first-order valence-corrected chi connectivity index (χ1v) is 8.16. The molecule has 116 valence electrons. The summed E-state index contributed by atoms with van der Waals surface area (Å²) in [5.41, 5.74) is 6.46. The van der Waals surface area contributed by atoms with E-state index in [1.54, 1.807) is 0 Å². The highest BCUT2D eigenvalue weighted by Gasteiger charge is 2.23. The molecule has 22 heavy (non-hydrogen) atoms. The third-order valence-corrected chi connectivity index (χ3v) is 5.21. The normalized spacial score (nSPS) is 11.2. The summed E-state index contributed by atoms with van der Waals surface area (Å²) in [6.07, 6.45) is 1.10. The van der Waals surface area contributed by atoms with Crippen LogP contribution >= 0.6 is 23.2 Å². The van der Waals surface area contributed by atoms with E-state index in [0.717, 1.165) is 6.20 Å². The number of benzene rings is 1. The SMILES string of the molecule is Cn1ncc(S(=O)(=O)Nc2ccc(Cl)c(CC#N)c2N)c1Cl. The number of aryl methyl sites for hydroxylation is 1. The predicted octanol–water partition coefficient (Wildman–Crippen LogP) is 2.18. The molecule has 3 N–H and O–H groups in total. The number of aromatic nitrogens is 2. The lowest BCUT2D eigenvalue weighted by molar-refractivity contribution is 0.601. The lowest BCUT2D eigenvalue weighted by atomic mass is 10.1. The van der Waals surface area contributed by atoms with E-state index in [1.807, 2.05) is 6.07 Å². The standard InChI is InChI=1S/C12H11Cl2N5O2S/c1-19-12(14)10(6-17-19)22(20,21)18-9-3-2-8(13)7(4-5-15)11(9)16/h2-3,6,18H,4,16H2,1H3. The largest absolute Gasteiger partial charge is 0.397 e. The Hall–Kier alpha value is -1.95. The first-order chi connectivity index (χ1) is 10.3. The third kappa shape index (κ3) is 2.97. The van der Waals surface area contributed by atoms with Crippen molar-refractivity contribution in [3.05, 3.63) is 34.1 Å². The van der Waals surface area contributed by atoms with Gasteiger partial charge in [-0.15, -0.1) is 0 Å². The first kappa shape index (κ1) is 16.4. The van der Waals surface area contributed by atoms with E-state index in [4.69, 9.17) is 34.2 Å². The van der Waals surface area contributed by atoms with Crippen molar-refractivity contribution in [2.24, 2.45) is 7.05 Å². The summed E-state index contributed by atoms with van der Waals surface area (Å²) in [4.78, 5) is -0.173. The minimum Gasteiger partial charge on any atom is -0.397 e. The zero-order valence-corrected chi connectivity index (χ0v) is 13.7. The van der Waals surface area contributed by atoms with Crippen molar-refractivity contribution < 1.29 is 8.42 Å². The molecule has 0 amide bonds. The Balaban J connectivity index is 2.45. The molecule has 0 spiro atoms. The zero-order valence-electron chi connectivity index (χ0n) is 11.3. The summed E-state index contributed by atoms with van der Waals surface area (Å²) < 4.78 is 28.2. The van der Waals surface area contributed by atoms with Gasteiger partial charge in [0, 0.05) is 17.6 Å². The molecule has 0 fully saturated rings. The molecular weight excluding hydrogens is 349 g/mol. The lowest BCUT2D eigenvalue weighted by Gasteiger charge is -2.13. The highest BCUT2D eigenvalue weighted by Crippen LogP contribution is 2.32. The van der Waals surface area contributed by atoms with Gasteiger partial charge in [-0.3, -0.25) is 9.40 Å². The Kier molecular flexibility index (Phi) is 4.51. The van der Waals surface area contributed by atoms with Crippen LogP contribution in [0.3, 0.4) is 0 Å². The van der Waals surface area contributed by atoms with Crippen molar-refractivity contribution in [3.63, 3.8) is 0 Å². The summed E-state index contributed by atoms with van der Waals surface area (Å²) in [6.45, 7) is 0. The summed E-state index contributed by atoms with van der Waals surface area (Å²) in [6, 6.07) is 4.81. The maximum atomic E-state index is 12.3. The number of rotatable bonds is 4. The number of sulfonamides is 1. The fourth-order valence-corrected chi connectivity index (χ4v) is 3.51. The van der Waals surface area contributed by atoms with Crippen molar-refractivity contribution in [2.75, 3.05) is 10.5 Å². The average molecular weight is 360 g/mol. The van der Waals surface area contributed by atoms with Crippen LogP contribution in [0, 0.1) is 11.3 Å². The van der Waals surface area contributed by atoms with E-state index in [-0.39, 0.29) is 27.8 Å². The topological polar surface area (TPSA) is 114 Å². The molecule has 0 unspecified atom stereocenters. The molecule has 0 aliphatic rings. The average Bonchev–Trinajstić information content (AvgIpc) is 2.79. The number of nitriles is 1. The highest BCUT2D eigenvalue weighted by atomic mass is 35.5. The minimum absolute atomic E-state index is 0.0303. The maximum Gasteiger partial charge on any atom is 0.266 e. The van der Waals surface area contributed by atoms with E-state index in [1.165, 1.54) is 23.9 Å². The summed E-state index contributed by atoms with van der Waals surface area (Å²) in [5, 5.41) is 12.8. The maximum absolute atomic E-state index is 12.3. The van der Waals surface area contributed by atoms with Gasteiger partial charge >= 0.3 is 0 Å². The first-order valence-electron chi connectivity index (χ1n) is 5.92. The van der Waals surface area contributed by atoms with Crippen LogP contribution in [-0.4, -0.2) is 18.2 Å². The molecule has 0 saturated heterocycles. The van der Waals surface area contributed by atoms with Crippen LogP contribution in [0.1, 0.15) is 5.56 Å². The molecule has 7 nitrogen and oxygen atoms in total. The second kappa shape index (κ2) is 6.04. The number of halogens is 2. The second-order valence-corrected chi connectivity index (χ2v) is 6.77. The van der Waals surface area contributed by atoms with Crippen LogP contribution in [0.5, 0.6) is 0 Å². The lowest BCUT2D eigenvalue weighted by Crippen LogP contribution is -2.15. The fraction of sp³-hybridized carbons (Fsp3) is 0.167. The summed E-state index contributed by atoms with van der Waals surface area (Å²) in [7, 11) is -2.44. The molecule has 1 heterocycles. The molecule has 0 radical (unpaired) electrons. The van der Waals surface area contributed by atoms with Crippen molar-refractivity contribution in [1.29, 1.82) is 5.26 Å². The number of nitrogens with one attached hydrogen (secondary N) is 1. The molecule has 0 atom stereocenters. The van der Waals surface area contributed by atoms with E-state index < -0.39 is 10.0 Å². The summed E-state index contributed by atoms with van der Waals surface area (Å²) >= 11 is 11.8. The molecule has 2 rings (SSSR count). The summed E-state index contributed by atoms with van der Waals surface area (Å²) in [5.74, 6) is 0. The van der Waals surface area contributed by atoms with Crippen LogP contribution in [0.25, 0.3) is 0 Å². The smallest absolute Gasteiger partial charge is 0.266 e. The van der Waals surface area contributed by atoms with Gasteiger partial charge in [-0.1, -0.05) is 23.2 Å². The number of anilines is 2. The Morgan fingerprint density at radius 1 is 1.45 bits per heavy atom. The van der Waals surface area contributed by atoms with Gasteiger partial charge in [0.2, 0.25) is 0 Å². The molecule has 0 aliphatic carbocycles. The van der Waals surface area contributed by atoms with Gasteiger partial charge < -0.3 is 5.73 Å². The monoisotopic (exact) mass is 359 g/mol. The van der Waals surface area contributed by atoms with Crippen molar-refractivity contribution in [2.45, 2.75) is 11.3 Å². The van der Waals surface area contributed by atoms with Crippen LogP contribution in [0.4, 0.5) is 11.4 Å². The molecule has 10 heteroatoms. The fourth-order valence-electron chi connectivity index (χ4n) is 1.77. The van der Waals surface area contributed by atoms with Crippen molar-refractivity contribution in [1.82, 2.24) is 9.78 Å². The van der Waals surface area contributed by atoms with Gasteiger partial charge in [-0.25, -0.2) is 8.42 Å². The van der Waals surface area contributed by atoms with Gasteiger partial charge in [0.05, 0.1) is 30.1 Å². The van der Waals surface area contributed by atoms with Crippen LogP contribution in [0.2, 0.25) is 10.2 Å². The van der Waals surface area contributed by atoms with E-state index in [2.05, 4.69) is 9.82 Å². The minimum atomic E-state index is -3.96. The highest BCUT2D eigenvalue weighted by molar-refractivity contribution is 7.92. The van der Waals surface area contributed by atoms with Gasteiger partial charge in [-0.05, 0) is 12.1 Å². The van der Waals surface area contributed by atoms with E-state index >= 15 is 0 Å². The van der Waals surface area contributed by atoms with Gasteiger partial charge in [0.1, 0.15) is 10.0 Å². The van der Waals surface area contributed by atoms with E-state index in [0.29, 0.717) is 10.6 Å². The molecular formula is C12H11Cl2N5O2S. The number of nitrogens with zero attached hydrogens (tertiary/aromatic N) is 3. The molecule has 0 bridgehead atoms. The predicted molar refractivity (Wildman–Crippen MR) is 84.2 cm³/mol. The molecule has 1 aromatic carbocycles. The zero-order chi connectivity index (χ0) is 16.5. The quantitative estimate of drug-likeness (QED) is 0.811. The van der Waals surface area contributed by atoms with Crippen LogP contribution in [0.15, 0.2) is 23.2 Å². The van der Waals surface area contributed by atoms with Gasteiger partial charge in [-0.2, -0.15) is 10.4 Å². The Labute approximate surface area is 137 Å². The molecule has 2 aromatic rings. The Bertz CT molecular complexity index is 870. The Morgan fingerprint density at radius 2 is 2.14 bits per heavy atom. The van der Waals surface area contributed by atoms with Crippen molar-refractivity contribution >= 4 is 44.6 Å². The van der Waals surface area contributed by atoms with E-state index in [9.17, 15) is 8.42 Å². The molecule has 0 aliphatic heterocycles. The third-order valence-electron chi connectivity index (χ3n) is 2.93. The Morgan fingerprint density at radius 3 is 2.68 bits per heavy atom. The number of nitrogens with two attached hydrogens (primary N) is 1. The molecule has 0 saturated carbocycles. The molecule has 1 aromatic heterocycles. The van der Waals surface area contributed by atoms with Crippen LogP contribution < -0.4 is 10.5 Å². The van der Waals surface area contributed by atoms with Gasteiger partial charge in [0.25, 0.3) is 10.0 Å². The second-order valence-electron chi connectivity index (χ2n) is 4.35. The number of nitrogen functional groups attached to an aromatic ring is 1. The number of hydrogen-bond acceptors (Lipinski definition) is 5. The number of hydrogen-bond donors (Lipinski definition) is 2. The van der Waals surface area contributed by atoms with Crippen LogP contribution in [-0.2, 0) is 23.5 Å².